The number of nitrogens with zero attached hydrogens (tertiary/aromatic N) is 3. The maximum atomic E-state index is 11.3. The Kier molecular flexibility index (Phi) is 5.32. The largest absolute Gasteiger partial charge is 0.465 e. The second-order valence-corrected chi connectivity index (χ2v) is 4.91. The van der Waals surface area contributed by atoms with Gasteiger partial charge in [-0.05, 0) is 42.9 Å². The number of esters is 1. The number of methoxy groups -OCH3 is 1. The van der Waals surface area contributed by atoms with E-state index >= 15 is 0 Å². The quantitative estimate of drug-likeness (QED) is 0.382. The molecule has 0 amide bonds. The second-order valence-electron chi connectivity index (χ2n) is 4.52. The predicted molar refractivity (Wildman–Crippen MR) is 91.5 cm³/mol. The zero-order chi connectivity index (χ0) is 16.8. The van der Waals surface area contributed by atoms with Crippen molar-refractivity contribution in [2.45, 2.75) is 6.92 Å². The van der Waals surface area contributed by atoms with Crippen LogP contribution >= 0.6 is 12.2 Å². The molecule has 0 aromatic carbocycles. The van der Waals surface area contributed by atoms with Gasteiger partial charge in [-0.3, -0.25) is 4.98 Å². The molecule has 0 aliphatic carbocycles. The zero-order valence-corrected chi connectivity index (χ0v) is 13.4. The highest BCUT2D eigenvalue weighted by Gasteiger charge is 2.08. The summed E-state index contributed by atoms with van der Waals surface area (Å²) >= 11 is 5.14. The molecule has 118 valence electrons. The normalized spacial score (nSPS) is 11.0. The maximum absolute atomic E-state index is 11.3. The average molecular weight is 329 g/mol. The first kappa shape index (κ1) is 16.5. The molecule has 2 heterocycles. The molecule has 2 rings (SSSR count). The summed E-state index contributed by atoms with van der Waals surface area (Å²) in [4.78, 5) is 23.6. The Hall–Kier alpha value is -2.87. The van der Waals surface area contributed by atoms with E-state index in [9.17, 15) is 4.79 Å². The van der Waals surface area contributed by atoms with Crippen LogP contribution in [0.2, 0.25) is 0 Å². The lowest BCUT2D eigenvalue weighted by molar-refractivity contribution is 0.0600. The number of carbonyl (C=O) groups is 1. The van der Waals surface area contributed by atoms with Crippen molar-refractivity contribution in [3.63, 3.8) is 0 Å². The smallest absolute Gasteiger partial charge is 0.339 e. The number of nitrogens with one attached hydrogen (secondary N) is 1. The molecule has 23 heavy (non-hydrogen) atoms. The van der Waals surface area contributed by atoms with Gasteiger partial charge in [0.25, 0.3) is 0 Å². The van der Waals surface area contributed by atoms with E-state index in [1.54, 1.807) is 18.3 Å². The van der Waals surface area contributed by atoms with Gasteiger partial charge in [0.1, 0.15) is 11.5 Å². The van der Waals surface area contributed by atoms with Gasteiger partial charge in [0.05, 0.1) is 12.7 Å². The van der Waals surface area contributed by atoms with E-state index in [-0.39, 0.29) is 10.9 Å². The Balaban J connectivity index is 2.11. The third-order valence-corrected chi connectivity index (χ3v) is 3.10. The lowest BCUT2D eigenvalue weighted by Gasteiger charge is -2.07. The molecular weight excluding hydrogens is 314 g/mol. The maximum Gasteiger partial charge on any atom is 0.339 e. The molecule has 0 saturated heterocycles. The molecule has 8 heteroatoms. The third kappa shape index (κ3) is 4.30. The van der Waals surface area contributed by atoms with E-state index in [1.807, 2.05) is 19.1 Å². The predicted octanol–water partition coefficient (Wildman–Crippen LogP) is 1.67. The standard InChI is InChI=1S/C15H15N5O2S/c1-9-4-3-7-17-13(9)20-15(23)19-12(16)11-6-5-10(8-18-11)14(21)22-2/h3-8H,1-2H3,(H3,16,17,19,20,23). The van der Waals surface area contributed by atoms with Crippen molar-refractivity contribution < 1.29 is 9.53 Å². The number of pyridine rings is 2. The van der Waals surface area contributed by atoms with Crippen molar-refractivity contribution in [2.75, 3.05) is 12.4 Å². The fourth-order valence-electron chi connectivity index (χ4n) is 1.70. The molecule has 0 spiro atoms. The minimum Gasteiger partial charge on any atom is -0.465 e. The summed E-state index contributed by atoms with van der Waals surface area (Å²) in [5.41, 5.74) is 7.53. The number of rotatable bonds is 3. The second kappa shape index (κ2) is 7.41. The molecule has 3 N–H and O–H groups in total. The number of thiocarbonyl (C=S) groups is 1. The number of aromatic nitrogens is 2. The van der Waals surface area contributed by atoms with Crippen LogP contribution in [0.5, 0.6) is 0 Å². The van der Waals surface area contributed by atoms with Gasteiger partial charge >= 0.3 is 5.97 Å². The van der Waals surface area contributed by atoms with Crippen LogP contribution in [0.15, 0.2) is 41.7 Å². The van der Waals surface area contributed by atoms with E-state index in [4.69, 9.17) is 18.0 Å². The average Bonchev–Trinajstić information content (AvgIpc) is 2.56. The Morgan fingerprint density at radius 3 is 2.74 bits per heavy atom. The number of carbonyl (C=O) groups excluding carboxylic acids is 1. The number of hydrogen-bond acceptors (Lipinski definition) is 5. The van der Waals surface area contributed by atoms with Crippen molar-refractivity contribution in [2.24, 2.45) is 10.7 Å². The van der Waals surface area contributed by atoms with Crippen molar-refractivity contribution in [3.8, 4) is 0 Å². The fourth-order valence-corrected chi connectivity index (χ4v) is 1.89. The van der Waals surface area contributed by atoms with E-state index in [2.05, 4.69) is 25.0 Å². The Labute approximate surface area is 138 Å². The van der Waals surface area contributed by atoms with Gasteiger partial charge in [0.15, 0.2) is 10.9 Å². The number of aryl methyl sites for hydroxylation is 1. The summed E-state index contributed by atoms with van der Waals surface area (Å²) in [7, 11) is 1.30. The van der Waals surface area contributed by atoms with Crippen LogP contribution in [0.4, 0.5) is 5.82 Å². The summed E-state index contributed by atoms with van der Waals surface area (Å²) in [6, 6.07) is 6.85. The SMILES string of the molecule is COC(=O)c1ccc(/C(N)=N/C(=S)Nc2ncccc2C)nc1. The molecule has 7 nitrogen and oxygen atoms in total. The molecule has 0 radical (unpaired) electrons. The van der Waals surface area contributed by atoms with Crippen LogP contribution in [0, 0.1) is 6.92 Å². The summed E-state index contributed by atoms with van der Waals surface area (Å²) in [6.45, 7) is 1.90. The van der Waals surface area contributed by atoms with Crippen molar-refractivity contribution >= 4 is 35.0 Å². The topological polar surface area (TPSA) is 102 Å². The van der Waals surface area contributed by atoms with Gasteiger partial charge < -0.3 is 15.8 Å². The van der Waals surface area contributed by atoms with E-state index < -0.39 is 5.97 Å². The van der Waals surface area contributed by atoms with Crippen LogP contribution in [0.1, 0.15) is 21.6 Å². The minimum atomic E-state index is -0.470. The van der Waals surface area contributed by atoms with Gasteiger partial charge in [-0.1, -0.05) is 6.07 Å². The Morgan fingerprint density at radius 1 is 1.35 bits per heavy atom. The van der Waals surface area contributed by atoms with Crippen LogP contribution in [-0.2, 0) is 4.74 Å². The lowest BCUT2D eigenvalue weighted by atomic mass is 10.2. The Bertz CT molecular complexity index is 759. The molecule has 0 atom stereocenters. The van der Waals surface area contributed by atoms with E-state index in [1.165, 1.54) is 13.3 Å². The van der Waals surface area contributed by atoms with Crippen LogP contribution in [0.25, 0.3) is 0 Å². The summed E-state index contributed by atoms with van der Waals surface area (Å²) in [5.74, 6) is 0.276. The number of amidine groups is 1. The summed E-state index contributed by atoms with van der Waals surface area (Å²) in [5, 5.41) is 3.07. The van der Waals surface area contributed by atoms with Gasteiger partial charge in [0, 0.05) is 12.4 Å². The number of ether oxygens (including phenoxy) is 1. The lowest BCUT2D eigenvalue weighted by Crippen LogP contribution is -2.20. The third-order valence-electron chi connectivity index (χ3n) is 2.90. The molecule has 2 aromatic heterocycles. The van der Waals surface area contributed by atoms with E-state index in [0.29, 0.717) is 17.1 Å². The van der Waals surface area contributed by atoms with Crippen molar-refractivity contribution in [1.82, 2.24) is 9.97 Å². The highest BCUT2D eigenvalue weighted by Crippen LogP contribution is 2.09. The number of aliphatic imine (C=N–C) groups is 1. The number of anilines is 1. The molecule has 0 saturated carbocycles. The monoisotopic (exact) mass is 329 g/mol. The first-order valence-electron chi connectivity index (χ1n) is 6.62. The van der Waals surface area contributed by atoms with Crippen molar-refractivity contribution in [1.29, 1.82) is 0 Å². The van der Waals surface area contributed by atoms with Crippen molar-refractivity contribution in [3.05, 3.63) is 53.5 Å². The minimum absolute atomic E-state index is 0.132. The zero-order valence-electron chi connectivity index (χ0n) is 12.6. The van der Waals surface area contributed by atoms with Gasteiger partial charge in [0.2, 0.25) is 0 Å². The molecule has 0 unspecified atom stereocenters. The van der Waals surface area contributed by atoms with Gasteiger partial charge in [-0.15, -0.1) is 0 Å². The van der Waals surface area contributed by atoms with Crippen LogP contribution in [-0.4, -0.2) is 34.0 Å². The highest BCUT2D eigenvalue weighted by atomic mass is 32.1. The first-order chi connectivity index (χ1) is 11.0. The molecular formula is C15H15N5O2S. The first-order valence-corrected chi connectivity index (χ1v) is 7.03. The van der Waals surface area contributed by atoms with Crippen LogP contribution < -0.4 is 11.1 Å². The highest BCUT2D eigenvalue weighted by molar-refractivity contribution is 7.80. The summed E-state index contributed by atoms with van der Waals surface area (Å²) < 4.78 is 4.60. The Morgan fingerprint density at radius 2 is 2.13 bits per heavy atom. The number of hydrogen-bond donors (Lipinski definition) is 2. The van der Waals surface area contributed by atoms with E-state index in [0.717, 1.165) is 5.56 Å². The molecule has 0 bridgehead atoms. The summed E-state index contributed by atoms with van der Waals surface area (Å²) in [6.07, 6.45) is 3.01. The van der Waals surface area contributed by atoms with Gasteiger partial charge in [-0.2, -0.15) is 0 Å². The molecule has 2 aromatic rings. The molecule has 0 aliphatic rings. The van der Waals surface area contributed by atoms with Gasteiger partial charge in [-0.25, -0.2) is 14.8 Å². The fraction of sp³-hybridized carbons (Fsp3) is 0.133. The van der Waals surface area contributed by atoms with Crippen LogP contribution in [0.3, 0.4) is 0 Å². The molecule has 0 fully saturated rings. The molecule has 0 aliphatic heterocycles. The number of nitrogens with two attached hydrogens (primary N) is 1.